The second-order valence-electron chi connectivity index (χ2n) is 8.87. The van der Waals surface area contributed by atoms with E-state index in [0.29, 0.717) is 18.8 Å². The Bertz CT molecular complexity index is 941. The van der Waals surface area contributed by atoms with Crippen molar-refractivity contribution in [3.8, 4) is 0 Å². The smallest absolute Gasteiger partial charge is 0.272 e. The summed E-state index contributed by atoms with van der Waals surface area (Å²) >= 11 is 0. The SMILES string of the molecule is CCn1nccc1C(=O)N1CCC[C@]2(C1)Nc1ccccc1NC2=NC(C)(C)C. The Hall–Kier alpha value is -2.83. The molecule has 2 aromatic rings. The number of hydrogen-bond acceptors (Lipinski definition) is 4. The highest BCUT2D eigenvalue weighted by molar-refractivity contribution is 6.10. The first-order chi connectivity index (χ1) is 13.8. The van der Waals surface area contributed by atoms with Crippen LogP contribution in [0.3, 0.4) is 0 Å². The fraction of sp³-hybridized carbons (Fsp3) is 0.500. The van der Waals surface area contributed by atoms with E-state index in [1.165, 1.54) is 0 Å². The number of piperidine rings is 1. The van der Waals surface area contributed by atoms with Gasteiger partial charge in [-0.25, -0.2) is 0 Å². The number of amides is 1. The molecule has 0 saturated carbocycles. The summed E-state index contributed by atoms with van der Waals surface area (Å²) in [6.45, 7) is 10.3. The van der Waals surface area contributed by atoms with Crippen molar-refractivity contribution in [1.82, 2.24) is 14.7 Å². The van der Waals surface area contributed by atoms with E-state index < -0.39 is 5.54 Å². The lowest BCUT2D eigenvalue weighted by Crippen LogP contribution is -2.63. The molecule has 0 unspecified atom stereocenters. The molecular formula is C22H30N6O. The van der Waals surface area contributed by atoms with Crippen LogP contribution < -0.4 is 10.6 Å². The third-order valence-electron chi connectivity index (χ3n) is 5.47. The predicted octanol–water partition coefficient (Wildman–Crippen LogP) is 3.61. The van der Waals surface area contributed by atoms with E-state index in [-0.39, 0.29) is 11.4 Å². The fourth-order valence-corrected chi connectivity index (χ4v) is 4.19. The van der Waals surface area contributed by atoms with E-state index in [1.807, 2.05) is 24.0 Å². The van der Waals surface area contributed by atoms with Crippen LogP contribution in [0.15, 0.2) is 41.5 Å². The zero-order valence-corrected chi connectivity index (χ0v) is 17.7. The van der Waals surface area contributed by atoms with Gasteiger partial charge in [0.25, 0.3) is 5.91 Å². The number of benzene rings is 1. The van der Waals surface area contributed by atoms with Gasteiger partial charge in [-0.1, -0.05) is 12.1 Å². The molecule has 1 fully saturated rings. The molecule has 1 saturated heterocycles. The Morgan fingerprint density at radius 2 is 2.00 bits per heavy atom. The van der Waals surface area contributed by atoms with Crippen LogP contribution in [0, 0.1) is 0 Å². The van der Waals surface area contributed by atoms with Crippen LogP contribution in [0.4, 0.5) is 11.4 Å². The number of nitrogens with one attached hydrogen (secondary N) is 2. The standard InChI is InChI=1S/C22H30N6O/c1-5-28-18(11-13-23-28)19(29)27-14-8-12-22(15-27)20(26-21(2,3)4)24-16-9-6-7-10-17(16)25-22/h6-7,9-11,13,25H,5,8,12,14-15H2,1-4H3,(H,24,26)/t22-/m1/s1. The molecule has 4 rings (SSSR count). The molecule has 1 aromatic carbocycles. The number of para-hydroxylation sites is 2. The topological polar surface area (TPSA) is 74.6 Å². The molecular weight excluding hydrogens is 364 g/mol. The van der Waals surface area contributed by atoms with E-state index in [1.54, 1.807) is 16.9 Å². The van der Waals surface area contributed by atoms with E-state index >= 15 is 0 Å². The summed E-state index contributed by atoms with van der Waals surface area (Å²) in [5.41, 5.74) is 2.06. The van der Waals surface area contributed by atoms with Gasteiger partial charge in [0.1, 0.15) is 17.1 Å². The van der Waals surface area contributed by atoms with Crippen molar-refractivity contribution in [2.75, 3.05) is 23.7 Å². The quantitative estimate of drug-likeness (QED) is 0.816. The third-order valence-corrected chi connectivity index (χ3v) is 5.47. The van der Waals surface area contributed by atoms with Gasteiger partial charge in [0.2, 0.25) is 0 Å². The highest BCUT2D eigenvalue weighted by Crippen LogP contribution is 2.37. The highest BCUT2D eigenvalue weighted by atomic mass is 16.2. The third kappa shape index (κ3) is 3.73. The van der Waals surface area contributed by atoms with Gasteiger partial charge in [-0.3, -0.25) is 14.5 Å². The average Bonchev–Trinajstić information content (AvgIpc) is 3.16. The van der Waals surface area contributed by atoms with Gasteiger partial charge in [-0.15, -0.1) is 0 Å². The molecule has 7 nitrogen and oxygen atoms in total. The number of aliphatic imine (C=N–C) groups is 1. The average molecular weight is 395 g/mol. The van der Waals surface area contributed by atoms with Crippen molar-refractivity contribution >= 4 is 23.1 Å². The van der Waals surface area contributed by atoms with Gasteiger partial charge >= 0.3 is 0 Å². The molecule has 7 heteroatoms. The number of amidine groups is 1. The molecule has 3 heterocycles. The Morgan fingerprint density at radius 1 is 1.24 bits per heavy atom. The monoisotopic (exact) mass is 394 g/mol. The number of rotatable bonds is 2. The first-order valence-corrected chi connectivity index (χ1v) is 10.4. The van der Waals surface area contributed by atoms with Gasteiger partial charge in [-0.2, -0.15) is 5.10 Å². The number of carbonyl (C=O) groups is 1. The molecule has 2 aliphatic heterocycles. The van der Waals surface area contributed by atoms with Crippen LogP contribution in [0.1, 0.15) is 51.0 Å². The van der Waals surface area contributed by atoms with E-state index in [0.717, 1.165) is 36.6 Å². The molecule has 154 valence electrons. The van der Waals surface area contributed by atoms with Crippen LogP contribution in [0.5, 0.6) is 0 Å². The zero-order chi connectivity index (χ0) is 20.6. The Balaban J connectivity index is 1.70. The van der Waals surface area contributed by atoms with Crippen LogP contribution in [0.25, 0.3) is 0 Å². The molecule has 1 atom stereocenters. The molecule has 0 bridgehead atoms. The lowest BCUT2D eigenvalue weighted by Gasteiger charge is -2.47. The number of aromatic nitrogens is 2. The van der Waals surface area contributed by atoms with Gasteiger partial charge in [0, 0.05) is 19.3 Å². The largest absolute Gasteiger partial charge is 0.370 e. The molecule has 29 heavy (non-hydrogen) atoms. The van der Waals surface area contributed by atoms with Crippen molar-refractivity contribution in [2.24, 2.45) is 4.99 Å². The van der Waals surface area contributed by atoms with Gasteiger partial charge in [0.15, 0.2) is 0 Å². The summed E-state index contributed by atoms with van der Waals surface area (Å²) < 4.78 is 1.76. The lowest BCUT2D eigenvalue weighted by atomic mass is 9.84. The Labute approximate surface area is 172 Å². The van der Waals surface area contributed by atoms with E-state index in [4.69, 9.17) is 4.99 Å². The molecule has 1 amide bonds. The second kappa shape index (κ2) is 7.21. The van der Waals surface area contributed by atoms with Gasteiger partial charge in [-0.05, 0) is 58.7 Å². The first-order valence-electron chi connectivity index (χ1n) is 10.4. The summed E-state index contributed by atoms with van der Waals surface area (Å²) in [5, 5.41) is 11.6. The molecule has 1 spiro atoms. The maximum Gasteiger partial charge on any atom is 0.272 e. The number of aryl methyl sites for hydroxylation is 1. The van der Waals surface area contributed by atoms with Crippen LogP contribution in [-0.2, 0) is 6.54 Å². The van der Waals surface area contributed by atoms with Crippen molar-refractivity contribution in [2.45, 2.75) is 58.2 Å². The first kappa shape index (κ1) is 19.5. The zero-order valence-electron chi connectivity index (χ0n) is 17.7. The van der Waals surface area contributed by atoms with Crippen molar-refractivity contribution in [3.05, 3.63) is 42.2 Å². The van der Waals surface area contributed by atoms with E-state index in [2.05, 4.69) is 48.6 Å². The number of nitrogens with zero attached hydrogens (tertiary/aromatic N) is 4. The summed E-state index contributed by atoms with van der Waals surface area (Å²) in [7, 11) is 0. The maximum absolute atomic E-state index is 13.3. The summed E-state index contributed by atoms with van der Waals surface area (Å²) in [5.74, 6) is 0.935. The summed E-state index contributed by atoms with van der Waals surface area (Å²) in [4.78, 5) is 20.2. The van der Waals surface area contributed by atoms with Gasteiger partial charge in [0.05, 0.1) is 23.5 Å². The molecule has 1 aromatic heterocycles. The minimum atomic E-state index is -0.424. The number of likely N-dealkylation sites (tertiary alicyclic amines) is 1. The second-order valence-corrected chi connectivity index (χ2v) is 8.87. The number of carbonyl (C=O) groups excluding carboxylic acids is 1. The molecule has 2 aliphatic rings. The summed E-state index contributed by atoms with van der Waals surface area (Å²) in [6, 6.07) is 9.98. The highest BCUT2D eigenvalue weighted by Gasteiger charge is 2.45. The fourth-order valence-electron chi connectivity index (χ4n) is 4.19. The molecule has 2 N–H and O–H groups in total. The predicted molar refractivity (Wildman–Crippen MR) is 117 cm³/mol. The normalized spacial score (nSPS) is 22.9. The Morgan fingerprint density at radius 3 is 2.72 bits per heavy atom. The summed E-state index contributed by atoms with van der Waals surface area (Å²) in [6.07, 6.45) is 3.52. The van der Waals surface area contributed by atoms with E-state index in [9.17, 15) is 4.79 Å². The van der Waals surface area contributed by atoms with Gasteiger partial charge < -0.3 is 15.5 Å². The number of fused-ring (bicyclic) bond motifs is 1. The van der Waals surface area contributed by atoms with Crippen LogP contribution >= 0.6 is 0 Å². The Kier molecular flexibility index (Phi) is 4.84. The van der Waals surface area contributed by atoms with Crippen LogP contribution in [0.2, 0.25) is 0 Å². The number of anilines is 2. The van der Waals surface area contributed by atoms with Crippen molar-refractivity contribution in [3.63, 3.8) is 0 Å². The van der Waals surface area contributed by atoms with Crippen molar-refractivity contribution in [1.29, 1.82) is 0 Å². The lowest BCUT2D eigenvalue weighted by molar-refractivity contribution is 0.0681. The van der Waals surface area contributed by atoms with Crippen LogP contribution in [-0.4, -0.2) is 50.6 Å². The minimum Gasteiger partial charge on any atom is -0.370 e. The maximum atomic E-state index is 13.3. The van der Waals surface area contributed by atoms with Crippen molar-refractivity contribution < 1.29 is 4.79 Å². The number of hydrogen-bond donors (Lipinski definition) is 2. The molecule has 0 radical (unpaired) electrons. The molecule has 0 aliphatic carbocycles. The minimum absolute atomic E-state index is 0.0270.